The van der Waals surface area contributed by atoms with Gasteiger partial charge in [0.2, 0.25) is 0 Å². The van der Waals surface area contributed by atoms with E-state index in [1.54, 1.807) is 4.68 Å². The first-order chi connectivity index (χ1) is 7.90. The number of aromatic nitrogens is 3. The van der Waals surface area contributed by atoms with Gasteiger partial charge >= 0.3 is 5.97 Å². The topological polar surface area (TPSA) is 68.0 Å². The Hall–Kier alpha value is -1.91. The van der Waals surface area contributed by atoms with Crippen molar-refractivity contribution >= 4 is 17.0 Å². The summed E-state index contributed by atoms with van der Waals surface area (Å²) in [5, 5.41) is 16.9. The number of hydrogen-bond donors (Lipinski definition) is 1. The van der Waals surface area contributed by atoms with Crippen LogP contribution in [-0.2, 0) is 17.3 Å². The lowest BCUT2D eigenvalue weighted by Crippen LogP contribution is -2.21. The molecule has 0 radical (unpaired) electrons. The quantitative estimate of drug-likeness (QED) is 0.876. The molecule has 0 fully saturated rings. The van der Waals surface area contributed by atoms with Gasteiger partial charge in [-0.2, -0.15) is 0 Å². The predicted molar refractivity (Wildman–Crippen MR) is 63.8 cm³/mol. The molecule has 0 bridgehead atoms. The molecule has 0 spiro atoms. The minimum absolute atomic E-state index is 0.0960. The van der Waals surface area contributed by atoms with Crippen LogP contribution in [0.1, 0.15) is 25.8 Å². The maximum absolute atomic E-state index is 10.8. The number of carbonyl (C=O) groups is 1. The van der Waals surface area contributed by atoms with E-state index in [0.717, 1.165) is 16.6 Å². The van der Waals surface area contributed by atoms with Crippen LogP contribution >= 0.6 is 0 Å². The number of aliphatic carboxylic acids is 1. The first-order valence-corrected chi connectivity index (χ1v) is 5.42. The van der Waals surface area contributed by atoms with Crippen LogP contribution in [0, 0.1) is 0 Å². The summed E-state index contributed by atoms with van der Waals surface area (Å²) in [6.45, 7) is 3.83. The highest BCUT2D eigenvalue weighted by Gasteiger charge is 2.24. The highest BCUT2D eigenvalue weighted by molar-refractivity contribution is 5.76. The van der Waals surface area contributed by atoms with Crippen molar-refractivity contribution in [1.82, 2.24) is 15.0 Å². The Bertz CT molecular complexity index is 572. The first kappa shape index (κ1) is 11.6. The molecule has 1 aromatic carbocycles. The summed E-state index contributed by atoms with van der Waals surface area (Å²) in [5.74, 6) is -0.797. The van der Waals surface area contributed by atoms with Gasteiger partial charge in [0.15, 0.2) is 0 Å². The molecule has 1 aromatic heterocycles. The molecule has 90 valence electrons. The van der Waals surface area contributed by atoms with Gasteiger partial charge in [0, 0.05) is 12.5 Å². The zero-order chi connectivity index (χ0) is 12.6. The highest BCUT2D eigenvalue weighted by atomic mass is 16.4. The molecule has 0 aliphatic heterocycles. The van der Waals surface area contributed by atoms with Gasteiger partial charge in [-0.1, -0.05) is 25.1 Å². The summed E-state index contributed by atoms with van der Waals surface area (Å²) in [7, 11) is 1.83. The van der Waals surface area contributed by atoms with Crippen molar-refractivity contribution < 1.29 is 9.90 Å². The molecule has 0 amide bonds. The lowest BCUT2D eigenvalue weighted by Gasteiger charge is -2.22. The first-order valence-electron chi connectivity index (χ1n) is 5.42. The molecule has 1 N–H and O–H groups in total. The predicted octanol–water partition coefficient (Wildman–Crippen LogP) is 1.72. The molecule has 2 aromatic rings. The molecule has 0 unspecified atom stereocenters. The Morgan fingerprint density at radius 3 is 2.82 bits per heavy atom. The molecule has 5 heteroatoms. The number of fused-ring (bicyclic) bond motifs is 1. The molecular weight excluding hydrogens is 218 g/mol. The van der Waals surface area contributed by atoms with Gasteiger partial charge < -0.3 is 5.11 Å². The van der Waals surface area contributed by atoms with E-state index in [0.29, 0.717) is 0 Å². The zero-order valence-corrected chi connectivity index (χ0v) is 10.1. The van der Waals surface area contributed by atoms with Gasteiger partial charge in [-0.3, -0.25) is 4.79 Å². The van der Waals surface area contributed by atoms with Crippen molar-refractivity contribution in [2.75, 3.05) is 0 Å². The fraction of sp³-hybridized carbons (Fsp3) is 0.417. The summed E-state index contributed by atoms with van der Waals surface area (Å²) in [5.41, 5.74) is 2.30. The minimum atomic E-state index is -0.797. The Balaban J connectivity index is 2.45. The monoisotopic (exact) mass is 233 g/mol. The van der Waals surface area contributed by atoms with E-state index in [1.165, 1.54) is 0 Å². The van der Waals surface area contributed by atoms with Crippen LogP contribution in [0.5, 0.6) is 0 Å². The number of hydrogen-bond acceptors (Lipinski definition) is 3. The van der Waals surface area contributed by atoms with Crippen LogP contribution in [0.4, 0.5) is 0 Å². The van der Waals surface area contributed by atoms with E-state index >= 15 is 0 Å². The van der Waals surface area contributed by atoms with Gasteiger partial charge in [0.25, 0.3) is 0 Å². The van der Waals surface area contributed by atoms with Crippen LogP contribution < -0.4 is 0 Å². The molecule has 2 rings (SSSR count). The van der Waals surface area contributed by atoms with Gasteiger partial charge in [0.1, 0.15) is 5.52 Å². The lowest BCUT2D eigenvalue weighted by atomic mass is 9.81. The minimum Gasteiger partial charge on any atom is -0.481 e. The van der Waals surface area contributed by atoms with Gasteiger partial charge in [-0.15, -0.1) is 5.10 Å². The second kappa shape index (κ2) is 3.84. The van der Waals surface area contributed by atoms with Crippen LogP contribution in [0.2, 0.25) is 0 Å². The molecule has 0 atom stereocenters. The molecular formula is C12H15N3O2. The van der Waals surface area contributed by atoms with Crippen molar-refractivity contribution in [2.24, 2.45) is 7.05 Å². The number of rotatable bonds is 3. The summed E-state index contributed by atoms with van der Waals surface area (Å²) in [4.78, 5) is 10.8. The normalized spacial score (nSPS) is 11.9. The van der Waals surface area contributed by atoms with E-state index in [9.17, 15) is 4.79 Å². The van der Waals surface area contributed by atoms with E-state index in [-0.39, 0.29) is 6.42 Å². The fourth-order valence-electron chi connectivity index (χ4n) is 1.94. The van der Waals surface area contributed by atoms with Crippen LogP contribution in [-0.4, -0.2) is 26.1 Å². The van der Waals surface area contributed by atoms with Gasteiger partial charge in [-0.05, 0) is 17.7 Å². The van der Waals surface area contributed by atoms with E-state index in [4.69, 9.17) is 5.11 Å². The number of carboxylic acids is 1. The molecule has 0 aliphatic carbocycles. The third kappa shape index (κ3) is 2.13. The fourth-order valence-corrected chi connectivity index (χ4v) is 1.94. The van der Waals surface area contributed by atoms with Crippen molar-refractivity contribution in [3.8, 4) is 0 Å². The van der Waals surface area contributed by atoms with E-state index in [2.05, 4.69) is 10.3 Å². The highest BCUT2D eigenvalue weighted by Crippen LogP contribution is 2.28. The average molecular weight is 233 g/mol. The standard InChI is InChI=1S/C12H15N3O2/c1-12(2,7-11(16)17)8-4-5-10-9(6-8)13-14-15(10)3/h4-6H,7H2,1-3H3,(H,16,17). The Labute approximate surface area is 99.1 Å². The van der Waals surface area contributed by atoms with E-state index < -0.39 is 11.4 Å². The number of benzene rings is 1. The number of nitrogens with zero attached hydrogens (tertiary/aromatic N) is 3. The average Bonchev–Trinajstić information content (AvgIpc) is 2.58. The molecule has 0 saturated carbocycles. The summed E-state index contributed by atoms with van der Waals surface area (Å²) >= 11 is 0. The van der Waals surface area contributed by atoms with Crippen molar-refractivity contribution in [3.05, 3.63) is 23.8 Å². The third-order valence-corrected chi connectivity index (χ3v) is 2.99. The Morgan fingerprint density at radius 2 is 2.18 bits per heavy atom. The molecule has 17 heavy (non-hydrogen) atoms. The SMILES string of the molecule is Cn1nnc2cc(C(C)(C)CC(=O)O)ccc21. The van der Waals surface area contributed by atoms with Gasteiger partial charge in [-0.25, -0.2) is 4.68 Å². The van der Waals surface area contributed by atoms with E-state index in [1.807, 2.05) is 39.1 Å². The summed E-state index contributed by atoms with van der Waals surface area (Å²) in [6, 6.07) is 5.77. The molecule has 0 saturated heterocycles. The van der Waals surface area contributed by atoms with Crippen LogP contribution in [0.3, 0.4) is 0 Å². The smallest absolute Gasteiger partial charge is 0.304 e. The second-order valence-electron chi connectivity index (χ2n) is 4.87. The molecule has 5 nitrogen and oxygen atoms in total. The zero-order valence-electron chi connectivity index (χ0n) is 10.1. The van der Waals surface area contributed by atoms with Crippen molar-refractivity contribution in [1.29, 1.82) is 0 Å². The Morgan fingerprint density at radius 1 is 1.47 bits per heavy atom. The maximum atomic E-state index is 10.8. The van der Waals surface area contributed by atoms with Crippen LogP contribution in [0.15, 0.2) is 18.2 Å². The van der Waals surface area contributed by atoms with Crippen molar-refractivity contribution in [3.63, 3.8) is 0 Å². The van der Waals surface area contributed by atoms with Gasteiger partial charge in [0.05, 0.1) is 11.9 Å². The second-order valence-corrected chi connectivity index (χ2v) is 4.87. The maximum Gasteiger partial charge on any atom is 0.304 e. The van der Waals surface area contributed by atoms with Crippen molar-refractivity contribution in [2.45, 2.75) is 25.7 Å². The summed E-state index contributed by atoms with van der Waals surface area (Å²) in [6.07, 6.45) is 0.0960. The lowest BCUT2D eigenvalue weighted by molar-refractivity contribution is -0.138. The Kier molecular flexibility index (Phi) is 2.61. The van der Waals surface area contributed by atoms with Crippen LogP contribution in [0.25, 0.3) is 11.0 Å². The summed E-state index contributed by atoms with van der Waals surface area (Å²) < 4.78 is 1.70. The number of carboxylic acid groups (broad SMARTS) is 1. The molecule has 0 aliphatic rings. The third-order valence-electron chi connectivity index (χ3n) is 2.99. The number of aryl methyl sites for hydroxylation is 1. The molecule has 1 heterocycles. The largest absolute Gasteiger partial charge is 0.481 e.